The predicted octanol–water partition coefficient (Wildman–Crippen LogP) is 2.87. The fourth-order valence-corrected chi connectivity index (χ4v) is 2.53. The van der Waals surface area contributed by atoms with Crippen LogP contribution in [0, 0.1) is 5.92 Å². The molecule has 2 rings (SSSR count). The third kappa shape index (κ3) is 4.21. The van der Waals surface area contributed by atoms with E-state index < -0.39 is 0 Å². The molecule has 1 aromatic carbocycles. The molecule has 0 bridgehead atoms. The minimum absolute atomic E-state index is 0.0855. The van der Waals surface area contributed by atoms with Gasteiger partial charge in [0.1, 0.15) is 0 Å². The molecule has 5 heteroatoms. The third-order valence-corrected chi connectivity index (χ3v) is 3.62. The quantitative estimate of drug-likeness (QED) is 0.853. The fraction of sp³-hybridized carbons (Fsp3) is 0.429. The first-order valence-corrected chi connectivity index (χ1v) is 7.33. The number of anilines is 1. The highest BCUT2D eigenvalue weighted by molar-refractivity contribution is 7.22. The lowest BCUT2D eigenvalue weighted by molar-refractivity contribution is -0.120. The molecule has 2 N–H and O–H groups in total. The molecule has 0 fully saturated rings. The second-order valence-electron chi connectivity index (χ2n) is 4.86. The van der Waals surface area contributed by atoms with E-state index in [1.54, 1.807) is 11.3 Å². The molecule has 0 spiro atoms. The summed E-state index contributed by atoms with van der Waals surface area (Å²) < 4.78 is 1.16. The Hall–Kier alpha value is -1.62. The van der Waals surface area contributed by atoms with Gasteiger partial charge < -0.3 is 10.6 Å². The smallest absolute Gasteiger partial charge is 0.221 e. The van der Waals surface area contributed by atoms with Crippen LogP contribution in [-0.4, -0.2) is 24.0 Å². The van der Waals surface area contributed by atoms with E-state index in [1.165, 1.54) is 0 Å². The number of thiazole rings is 1. The van der Waals surface area contributed by atoms with Crippen LogP contribution in [0.2, 0.25) is 0 Å². The van der Waals surface area contributed by atoms with Crippen LogP contribution in [0.15, 0.2) is 24.3 Å². The lowest BCUT2D eigenvalue weighted by Gasteiger charge is -2.07. The Bertz CT molecular complexity index is 517. The third-order valence-electron chi connectivity index (χ3n) is 2.63. The summed E-state index contributed by atoms with van der Waals surface area (Å²) in [5.74, 6) is 0.573. The Balaban J connectivity index is 1.77. The molecule has 0 aliphatic carbocycles. The molecule has 1 aromatic heterocycles. The predicted molar refractivity (Wildman–Crippen MR) is 80.6 cm³/mol. The Kier molecular flexibility index (Phi) is 4.74. The van der Waals surface area contributed by atoms with E-state index in [0.29, 0.717) is 18.9 Å². The number of carbonyl (C=O) groups is 1. The summed E-state index contributed by atoms with van der Waals surface area (Å²) in [4.78, 5) is 16.0. The van der Waals surface area contributed by atoms with Crippen molar-refractivity contribution >= 4 is 32.6 Å². The number of carbonyl (C=O) groups excluding carboxylic acids is 1. The molecule has 2 aromatic rings. The minimum atomic E-state index is 0.0855. The number of rotatable bonds is 6. The Morgan fingerprint density at radius 3 is 2.89 bits per heavy atom. The van der Waals surface area contributed by atoms with Gasteiger partial charge in [-0.05, 0) is 18.1 Å². The Morgan fingerprint density at radius 2 is 2.16 bits per heavy atom. The van der Waals surface area contributed by atoms with Gasteiger partial charge in [-0.15, -0.1) is 0 Å². The molecule has 0 aliphatic rings. The van der Waals surface area contributed by atoms with Crippen LogP contribution in [-0.2, 0) is 4.79 Å². The van der Waals surface area contributed by atoms with Crippen molar-refractivity contribution in [1.29, 1.82) is 0 Å². The van der Waals surface area contributed by atoms with E-state index >= 15 is 0 Å². The molecule has 1 amide bonds. The summed E-state index contributed by atoms with van der Waals surface area (Å²) in [5.41, 5.74) is 0.999. The normalized spacial score (nSPS) is 10.9. The van der Waals surface area contributed by atoms with E-state index in [0.717, 1.165) is 21.9 Å². The lowest BCUT2D eigenvalue weighted by Crippen LogP contribution is -2.28. The van der Waals surface area contributed by atoms with Gasteiger partial charge >= 0.3 is 0 Å². The molecule has 0 saturated heterocycles. The second kappa shape index (κ2) is 6.52. The lowest BCUT2D eigenvalue weighted by atomic mass is 10.2. The topological polar surface area (TPSA) is 54.0 Å². The zero-order chi connectivity index (χ0) is 13.7. The van der Waals surface area contributed by atoms with Crippen LogP contribution in [0.25, 0.3) is 10.2 Å². The number of aromatic nitrogens is 1. The van der Waals surface area contributed by atoms with E-state index in [9.17, 15) is 4.79 Å². The van der Waals surface area contributed by atoms with Crippen molar-refractivity contribution in [2.24, 2.45) is 5.92 Å². The highest BCUT2D eigenvalue weighted by Gasteiger charge is 2.04. The Labute approximate surface area is 117 Å². The molecule has 0 radical (unpaired) electrons. The SMILES string of the molecule is CC(C)CNC(=O)CCNc1nc2ccccc2s1. The van der Waals surface area contributed by atoms with Crippen molar-refractivity contribution in [3.8, 4) is 0 Å². The summed E-state index contributed by atoms with van der Waals surface area (Å²) in [6.07, 6.45) is 0.475. The van der Waals surface area contributed by atoms with Gasteiger partial charge in [0.25, 0.3) is 0 Å². The van der Waals surface area contributed by atoms with Crippen LogP contribution in [0.5, 0.6) is 0 Å². The van der Waals surface area contributed by atoms with Crippen LogP contribution in [0.3, 0.4) is 0 Å². The molecule has 0 aliphatic heterocycles. The summed E-state index contributed by atoms with van der Waals surface area (Å²) in [5, 5.41) is 6.97. The maximum Gasteiger partial charge on any atom is 0.221 e. The standard InChI is InChI=1S/C14H19N3OS/c1-10(2)9-16-13(18)7-8-15-14-17-11-5-3-4-6-12(11)19-14/h3-6,10H,7-9H2,1-2H3,(H,15,17)(H,16,18). The van der Waals surface area contributed by atoms with Crippen molar-refractivity contribution < 1.29 is 4.79 Å². The second-order valence-corrected chi connectivity index (χ2v) is 5.89. The van der Waals surface area contributed by atoms with Gasteiger partial charge in [0, 0.05) is 19.5 Å². The first kappa shape index (κ1) is 13.8. The number of fused-ring (bicyclic) bond motifs is 1. The number of nitrogens with one attached hydrogen (secondary N) is 2. The van der Waals surface area contributed by atoms with Crippen molar-refractivity contribution in [2.75, 3.05) is 18.4 Å². The fourth-order valence-electron chi connectivity index (χ4n) is 1.64. The van der Waals surface area contributed by atoms with Crippen molar-refractivity contribution in [3.63, 3.8) is 0 Å². The monoisotopic (exact) mass is 277 g/mol. The van der Waals surface area contributed by atoms with Gasteiger partial charge in [-0.25, -0.2) is 4.98 Å². The molecule has 0 atom stereocenters. The van der Waals surface area contributed by atoms with Crippen LogP contribution in [0.4, 0.5) is 5.13 Å². The zero-order valence-corrected chi connectivity index (χ0v) is 12.1. The van der Waals surface area contributed by atoms with Crippen molar-refractivity contribution in [1.82, 2.24) is 10.3 Å². The van der Waals surface area contributed by atoms with Gasteiger partial charge in [0.05, 0.1) is 10.2 Å². The van der Waals surface area contributed by atoms with Gasteiger partial charge in [-0.1, -0.05) is 37.3 Å². The summed E-state index contributed by atoms with van der Waals surface area (Å²) >= 11 is 1.61. The Morgan fingerprint density at radius 1 is 1.37 bits per heavy atom. The maximum absolute atomic E-state index is 11.5. The molecule has 19 heavy (non-hydrogen) atoms. The summed E-state index contributed by atoms with van der Waals surface area (Å²) in [6, 6.07) is 8.02. The average molecular weight is 277 g/mol. The van der Waals surface area contributed by atoms with Crippen LogP contribution >= 0.6 is 11.3 Å². The number of para-hydroxylation sites is 1. The number of amides is 1. The number of hydrogen-bond acceptors (Lipinski definition) is 4. The molecule has 1 heterocycles. The maximum atomic E-state index is 11.5. The zero-order valence-electron chi connectivity index (χ0n) is 11.3. The average Bonchev–Trinajstić information content (AvgIpc) is 2.79. The molecular formula is C14H19N3OS. The molecule has 0 saturated carbocycles. The van der Waals surface area contributed by atoms with E-state index in [1.807, 2.05) is 24.3 Å². The molecular weight excluding hydrogens is 258 g/mol. The van der Waals surface area contributed by atoms with Crippen LogP contribution in [0.1, 0.15) is 20.3 Å². The molecule has 0 unspecified atom stereocenters. The van der Waals surface area contributed by atoms with Crippen molar-refractivity contribution in [2.45, 2.75) is 20.3 Å². The van der Waals surface area contributed by atoms with E-state index in [4.69, 9.17) is 0 Å². The van der Waals surface area contributed by atoms with Crippen molar-refractivity contribution in [3.05, 3.63) is 24.3 Å². The number of hydrogen-bond donors (Lipinski definition) is 2. The van der Waals surface area contributed by atoms with E-state index in [-0.39, 0.29) is 5.91 Å². The summed E-state index contributed by atoms with van der Waals surface area (Å²) in [7, 11) is 0. The highest BCUT2D eigenvalue weighted by atomic mass is 32.1. The van der Waals surface area contributed by atoms with E-state index in [2.05, 4.69) is 29.5 Å². The molecule has 102 valence electrons. The first-order chi connectivity index (χ1) is 9.15. The minimum Gasteiger partial charge on any atom is -0.361 e. The summed E-state index contributed by atoms with van der Waals surface area (Å²) in [6.45, 7) is 5.52. The largest absolute Gasteiger partial charge is 0.361 e. The number of benzene rings is 1. The van der Waals surface area contributed by atoms with Gasteiger partial charge in [-0.3, -0.25) is 4.79 Å². The van der Waals surface area contributed by atoms with Gasteiger partial charge in [0.2, 0.25) is 5.91 Å². The highest BCUT2D eigenvalue weighted by Crippen LogP contribution is 2.25. The van der Waals surface area contributed by atoms with Gasteiger partial charge in [0.15, 0.2) is 5.13 Å². The van der Waals surface area contributed by atoms with Gasteiger partial charge in [-0.2, -0.15) is 0 Å². The number of nitrogens with zero attached hydrogens (tertiary/aromatic N) is 1. The van der Waals surface area contributed by atoms with Crippen LogP contribution < -0.4 is 10.6 Å². The first-order valence-electron chi connectivity index (χ1n) is 6.51. The molecule has 4 nitrogen and oxygen atoms in total.